The zero-order valence-electron chi connectivity index (χ0n) is 20.6. The summed E-state index contributed by atoms with van der Waals surface area (Å²) in [5.74, 6) is 1.49. The number of fused-ring (bicyclic) bond motifs is 9. The average Bonchev–Trinajstić information content (AvgIpc) is 3.27. The Morgan fingerprint density at radius 3 is 1.79 bits per heavy atom. The zero-order valence-corrected chi connectivity index (χ0v) is 20.6. The second-order valence-electron chi connectivity index (χ2n) is 9.65. The van der Waals surface area contributed by atoms with E-state index in [0.29, 0.717) is 22.7 Å². The van der Waals surface area contributed by atoms with Crippen molar-refractivity contribution < 1.29 is 4.74 Å². The Hall–Kier alpha value is -5.02. The fourth-order valence-corrected chi connectivity index (χ4v) is 6.06. The summed E-state index contributed by atoms with van der Waals surface area (Å²) in [6.07, 6.45) is 3.38. The van der Waals surface area contributed by atoms with Crippen LogP contribution in [0.25, 0.3) is 11.1 Å². The molecular formula is C35H24N2O. The number of para-hydroxylation sites is 2. The second-order valence-corrected chi connectivity index (χ2v) is 9.65. The third kappa shape index (κ3) is 3.09. The number of benzene rings is 5. The van der Waals surface area contributed by atoms with Gasteiger partial charge in [0.2, 0.25) is 0 Å². The van der Waals surface area contributed by atoms with Crippen LogP contribution in [-0.2, 0) is 5.41 Å². The van der Waals surface area contributed by atoms with Crippen LogP contribution in [0.2, 0.25) is 0 Å². The highest BCUT2D eigenvalue weighted by molar-refractivity contribution is 6.15. The molecule has 0 aromatic heterocycles. The van der Waals surface area contributed by atoms with Gasteiger partial charge in [-0.25, -0.2) is 0 Å². The molecule has 2 aliphatic rings. The molecule has 1 aliphatic heterocycles. The maximum absolute atomic E-state index is 9.00. The fraction of sp³-hybridized carbons (Fsp3) is 0.0286. The van der Waals surface area contributed by atoms with Crippen molar-refractivity contribution in [3.8, 4) is 22.6 Å². The Kier molecular flexibility index (Phi) is 4.98. The lowest BCUT2D eigenvalue weighted by Gasteiger charge is -2.40. The lowest BCUT2D eigenvalue weighted by molar-refractivity contribution is 0.435. The highest BCUT2D eigenvalue weighted by Crippen LogP contribution is 2.62. The van der Waals surface area contributed by atoms with Crippen LogP contribution < -0.4 is 4.74 Å². The van der Waals surface area contributed by atoms with Crippen molar-refractivity contribution >= 4 is 11.4 Å². The molecule has 3 nitrogen and oxygen atoms in total. The van der Waals surface area contributed by atoms with Crippen LogP contribution in [0.15, 0.2) is 133 Å². The van der Waals surface area contributed by atoms with Crippen molar-refractivity contribution in [2.45, 2.75) is 5.41 Å². The molecule has 1 aliphatic carbocycles. The standard InChI is InChI=1S/C35H24N2O/c36-31(23-11-2-1-3-12-23)21-22-32(37)26-15-10-19-30-34(26)38-33-20-9-8-18-29(33)35(30)27-16-6-4-13-24(27)25-14-5-7-17-28(25)35/h1-22,36-37H/b22-21-,36-31?,37-32?. The van der Waals surface area contributed by atoms with Crippen molar-refractivity contribution in [3.05, 3.63) is 167 Å². The van der Waals surface area contributed by atoms with Gasteiger partial charge in [-0.15, -0.1) is 0 Å². The van der Waals surface area contributed by atoms with Crippen LogP contribution in [-0.4, -0.2) is 11.4 Å². The van der Waals surface area contributed by atoms with E-state index in [0.717, 1.165) is 22.4 Å². The highest BCUT2D eigenvalue weighted by atomic mass is 16.5. The maximum Gasteiger partial charge on any atom is 0.141 e. The Bertz CT molecular complexity index is 1740. The summed E-state index contributed by atoms with van der Waals surface area (Å²) in [4.78, 5) is 0. The van der Waals surface area contributed by atoms with Crippen molar-refractivity contribution in [1.29, 1.82) is 10.8 Å². The maximum atomic E-state index is 9.00. The molecule has 0 saturated carbocycles. The Morgan fingerprint density at radius 2 is 1.08 bits per heavy atom. The number of hydrogen-bond acceptors (Lipinski definition) is 3. The van der Waals surface area contributed by atoms with Gasteiger partial charge in [0, 0.05) is 16.7 Å². The summed E-state index contributed by atoms with van der Waals surface area (Å²) >= 11 is 0. The molecule has 0 radical (unpaired) electrons. The first-order valence-corrected chi connectivity index (χ1v) is 12.7. The van der Waals surface area contributed by atoms with Gasteiger partial charge in [0.05, 0.1) is 16.8 Å². The first kappa shape index (κ1) is 22.2. The van der Waals surface area contributed by atoms with E-state index in [1.165, 1.54) is 22.3 Å². The van der Waals surface area contributed by atoms with Crippen molar-refractivity contribution in [1.82, 2.24) is 0 Å². The van der Waals surface area contributed by atoms with E-state index >= 15 is 0 Å². The zero-order chi connectivity index (χ0) is 25.7. The minimum Gasteiger partial charge on any atom is -0.456 e. The normalized spacial score (nSPS) is 13.8. The number of rotatable bonds is 4. The minimum absolute atomic E-state index is 0.302. The van der Waals surface area contributed by atoms with Gasteiger partial charge in [-0.1, -0.05) is 109 Å². The van der Waals surface area contributed by atoms with Crippen molar-refractivity contribution in [3.63, 3.8) is 0 Å². The molecule has 0 unspecified atom stereocenters. The summed E-state index contributed by atoms with van der Waals surface area (Å²) in [7, 11) is 0. The first-order chi connectivity index (χ1) is 18.7. The van der Waals surface area contributed by atoms with Gasteiger partial charge < -0.3 is 15.6 Å². The van der Waals surface area contributed by atoms with E-state index in [-0.39, 0.29) is 0 Å². The molecule has 3 heteroatoms. The van der Waals surface area contributed by atoms with Crippen LogP contribution in [0, 0.1) is 10.8 Å². The molecule has 2 N–H and O–H groups in total. The summed E-state index contributed by atoms with van der Waals surface area (Å²) in [6.45, 7) is 0. The quantitative estimate of drug-likeness (QED) is 0.241. The van der Waals surface area contributed by atoms with Crippen LogP contribution in [0.1, 0.15) is 33.4 Å². The van der Waals surface area contributed by atoms with Gasteiger partial charge >= 0.3 is 0 Å². The number of nitrogens with one attached hydrogen (secondary N) is 2. The predicted molar refractivity (Wildman–Crippen MR) is 153 cm³/mol. The third-order valence-electron chi connectivity index (χ3n) is 7.67. The summed E-state index contributed by atoms with van der Waals surface area (Å²) in [5.41, 5.74) is 8.67. The average molecular weight is 489 g/mol. The summed E-state index contributed by atoms with van der Waals surface area (Å²) < 4.78 is 6.61. The molecule has 5 aromatic rings. The SMILES string of the molecule is N=C(/C=C\C(=N)c1cccc2c1Oc1ccccc1C21c2ccccc2-c2ccccc21)c1ccccc1. The van der Waals surface area contributed by atoms with Crippen LogP contribution in [0.4, 0.5) is 0 Å². The van der Waals surface area contributed by atoms with Gasteiger partial charge in [-0.05, 0) is 52.1 Å². The lowest BCUT2D eigenvalue weighted by atomic mass is 9.65. The number of ether oxygens (including phenoxy) is 1. The molecule has 1 spiro atoms. The highest BCUT2D eigenvalue weighted by Gasteiger charge is 2.51. The number of hydrogen-bond donors (Lipinski definition) is 2. The Morgan fingerprint density at radius 1 is 0.526 bits per heavy atom. The van der Waals surface area contributed by atoms with E-state index < -0.39 is 5.41 Å². The molecule has 0 atom stereocenters. The largest absolute Gasteiger partial charge is 0.456 e. The summed E-state index contributed by atoms with van der Waals surface area (Å²) in [5, 5.41) is 17.4. The molecule has 1 heterocycles. The number of allylic oxidation sites excluding steroid dienone is 2. The molecule has 0 saturated heterocycles. The fourth-order valence-electron chi connectivity index (χ4n) is 6.06. The third-order valence-corrected chi connectivity index (χ3v) is 7.67. The Balaban J connectivity index is 1.44. The van der Waals surface area contributed by atoms with Crippen LogP contribution in [0.3, 0.4) is 0 Å². The van der Waals surface area contributed by atoms with E-state index in [1.54, 1.807) is 12.2 Å². The van der Waals surface area contributed by atoms with Gasteiger partial charge in [0.25, 0.3) is 0 Å². The van der Waals surface area contributed by atoms with Crippen LogP contribution >= 0.6 is 0 Å². The summed E-state index contributed by atoms with van der Waals surface area (Å²) in [6, 6.07) is 41.2. The molecule has 0 fully saturated rings. The van der Waals surface area contributed by atoms with E-state index in [1.807, 2.05) is 54.6 Å². The van der Waals surface area contributed by atoms with E-state index in [9.17, 15) is 0 Å². The predicted octanol–water partition coefficient (Wildman–Crippen LogP) is 8.15. The smallest absolute Gasteiger partial charge is 0.141 e. The van der Waals surface area contributed by atoms with Crippen molar-refractivity contribution in [2.75, 3.05) is 0 Å². The molecular weight excluding hydrogens is 464 g/mol. The Labute approximate surface area is 221 Å². The van der Waals surface area contributed by atoms with Gasteiger partial charge in [-0.2, -0.15) is 0 Å². The van der Waals surface area contributed by atoms with Crippen LogP contribution in [0.5, 0.6) is 11.5 Å². The second kappa shape index (κ2) is 8.53. The van der Waals surface area contributed by atoms with Gasteiger partial charge in [-0.3, -0.25) is 0 Å². The van der Waals surface area contributed by atoms with Gasteiger partial charge in [0.1, 0.15) is 11.5 Å². The molecule has 0 bridgehead atoms. The molecule has 5 aromatic carbocycles. The first-order valence-electron chi connectivity index (χ1n) is 12.7. The topological polar surface area (TPSA) is 56.9 Å². The monoisotopic (exact) mass is 488 g/mol. The molecule has 0 amide bonds. The van der Waals surface area contributed by atoms with E-state index in [4.69, 9.17) is 15.6 Å². The van der Waals surface area contributed by atoms with Crippen molar-refractivity contribution in [2.24, 2.45) is 0 Å². The van der Waals surface area contributed by atoms with Gasteiger partial charge in [0.15, 0.2) is 0 Å². The van der Waals surface area contributed by atoms with E-state index in [2.05, 4.69) is 66.7 Å². The molecule has 7 rings (SSSR count). The molecule has 180 valence electrons. The lowest BCUT2D eigenvalue weighted by Crippen LogP contribution is -2.32. The molecule has 38 heavy (non-hydrogen) atoms. The minimum atomic E-state index is -0.548.